The van der Waals surface area contributed by atoms with Crippen molar-refractivity contribution in [2.75, 3.05) is 5.73 Å². The molecule has 0 aliphatic heterocycles. The predicted octanol–water partition coefficient (Wildman–Crippen LogP) is 2.48. The van der Waals surface area contributed by atoms with Gasteiger partial charge in [0.2, 0.25) is 0 Å². The molecule has 2 N–H and O–H groups in total. The Bertz CT molecular complexity index is 486. The van der Waals surface area contributed by atoms with E-state index >= 15 is 0 Å². The Balaban J connectivity index is 1.90. The molecule has 0 spiro atoms. The van der Waals surface area contributed by atoms with E-state index in [9.17, 15) is 0 Å². The first kappa shape index (κ1) is 11.4. The summed E-state index contributed by atoms with van der Waals surface area (Å²) in [6, 6.07) is 11.0. The number of hydrogen-bond acceptors (Lipinski definition) is 4. The van der Waals surface area contributed by atoms with E-state index in [0.717, 1.165) is 11.3 Å². The van der Waals surface area contributed by atoms with Crippen LogP contribution in [0.25, 0.3) is 0 Å². The number of aryl methyl sites for hydroxylation is 1. The predicted molar refractivity (Wildman–Crippen MR) is 65.2 cm³/mol. The smallest absolute Gasteiger partial charge is 0.168 e. The van der Waals surface area contributed by atoms with E-state index in [0.29, 0.717) is 18.0 Å². The molecule has 1 aromatic heterocycles. The standard InChI is InChI=1S/C13H14N2O2/c1-10-8-11(14)5-6-13(10)17-16-9-12-4-2-3-7-15-12/h2-8H,9,14H2,1H3. The Morgan fingerprint density at radius 1 is 1.24 bits per heavy atom. The highest BCUT2D eigenvalue weighted by atomic mass is 17.2. The fourth-order valence-corrected chi connectivity index (χ4v) is 1.40. The summed E-state index contributed by atoms with van der Waals surface area (Å²) in [7, 11) is 0. The summed E-state index contributed by atoms with van der Waals surface area (Å²) in [5.74, 6) is 0.662. The molecule has 0 saturated carbocycles. The first-order valence-electron chi connectivity index (χ1n) is 5.31. The molecule has 88 valence electrons. The zero-order chi connectivity index (χ0) is 12.1. The second-order valence-electron chi connectivity index (χ2n) is 3.69. The highest BCUT2D eigenvalue weighted by Gasteiger charge is 2.01. The van der Waals surface area contributed by atoms with Crippen LogP contribution in [0.3, 0.4) is 0 Å². The van der Waals surface area contributed by atoms with E-state index in [-0.39, 0.29) is 0 Å². The Morgan fingerprint density at radius 3 is 2.82 bits per heavy atom. The van der Waals surface area contributed by atoms with Gasteiger partial charge in [0.25, 0.3) is 0 Å². The maximum atomic E-state index is 5.64. The molecule has 0 unspecified atom stereocenters. The molecule has 0 aliphatic carbocycles. The van der Waals surface area contributed by atoms with Gasteiger partial charge in [-0.1, -0.05) is 6.07 Å². The molecular formula is C13H14N2O2. The monoisotopic (exact) mass is 230 g/mol. The van der Waals surface area contributed by atoms with Gasteiger partial charge >= 0.3 is 0 Å². The number of pyridine rings is 1. The van der Waals surface area contributed by atoms with Gasteiger partial charge in [-0.05, 0) is 42.8 Å². The van der Waals surface area contributed by atoms with Gasteiger partial charge in [-0.2, -0.15) is 4.89 Å². The van der Waals surface area contributed by atoms with Crippen LogP contribution >= 0.6 is 0 Å². The van der Waals surface area contributed by atoms with E-state index in [1.807, 2.05) is 31.2 Å². The minimum Gasteiger partial charge on any atom is -0.399 e. The van der Waals surface area contributed by atoms with Crippen LogP contribution in [0.4, 0.5) is 5.69 Å². The average molecular weight is 230 g/mol. The highest BCUT2D eigenvalue weighted by molar-refractivity contribution is 5.46. The van der Waals surface area contributed by atoms with Gasteiger partial charge in [-0.3, -0.25) is 4.98 Å². The summed E-state index contributed by atoms with van der Waals surface area (Å²) in [6.07, 6.45) is 1.72. The Kier molecular flexibility index (Phi) is 3.57. The maximum Gasteiger partial charge on any atom is 0.168 e. The normalized spacial score (nSPS) is 10.2. The number of hydrogen-bond donors (Lipinski definition) is 1. The lowest BCUT2D eigenvalue weighted by Crippen LogP contribution is -2.01. The molecule has 2 aromatic rings. The zero-order valence-corrected chi connectivity index (χ0v) is 9.59. The average Bonchev–Trinajstić information content (AvgIpc) is 2.33. The van der Waals surface area contributed by atoms with Gasteiger partial charge in [-0.15, -0.1) is 0 Å². The van der Waals surface area contributed by atoms with Crippen molar-refractivity contribution in [1.82, 2.24) is 4.98 Å². The Hall–Kier alpha value is -2.07. The van der Waals surface area contributed by atoms with Gasteiger partial charge < -0.3 is 10.6 Å². The quantitative estimate of drug-likeness (QED) is 0.498. The maximum absolute atomic E-state index is 5.64. The number of nitrogens with zero attached hydrogens (tertiary/aromatic N) is 1. The number of aromatic nitrogens is 1. The minimum absolute atomic E-state index is 0.310. The van der Waals surface area contributed by atoms with Crippen LogP contribution in [0.2, 0.25) is 0 Å². The van der Waals surface area contributed by atoms with Crippen LogP contribution in [-0.4, -0.2) is 4.98 Å². The van der Waals surface area contributed by atoms with Crippen molar-refractivity contribution >= 4 is 5.69 Å². The van der Waals surface area contributed by atoms with Crippen LogP contribution < -0.4 is 10.6 Å². The van der Waals surface area contributed by atoms with E-state index < -0.39 is 0 Å². The Morgan fingerprint density at radius 2 is 2.12 bits per heavy atom. The van der Waals surface area contributed by atoms with E-state index in [4.69, 9.17) is 15.5 Å². The van der Waals surface area contributed by atoms with Crippen LogP contribution in [0.5, 0.6) is 5.75 Å². The van der Waals surface area contributed by atoms with Crippen molar-refractivity contribution in [1.29, 1.82) is 0 Å². The summed E-state index contributed by atoms with van der Waals surface area (Å²) in [5.41, 5.74) is 8.10. The molecule has 4 nitrogen and oxygen atoms in total. The summed E-state index contributed by atoms with van der Waals surface area (Å²) >= 11 is 0. The number of rotatable bonds is 4. The summed E-state index contributed by atoms with van der Waals surface area (Å²) in [5, 5.41) is 0. The summed E-state index contributed by atoms with van der Waals surface area (Å²) in [4.78, 5) is 14.4. The molecule has 0 fully saturated rings. The first-order chi connectivity index (χ1) is 8.25. The van der Waals surface area contributed by atoms with Gasteiger partial charge in [-0.25, -0.2) is 0 Å². The van der Waals surface area contributed by atoms with Crippen molar-refractivity contribution in [2.24, 2.45) is 0 Å². The van der Waals surface area contributed by atoms with E-state index in [2.05, 4.69) is 4.98 Å². The van der Waals surface area contributed by atoms with E-state index in [1.54, 1.807) is 18.3 Å². The molecule has 0 amide bonds. The van der Waals surface area contributed by atoms with Crippen molar-refractivity contribution in [3.05, 3.63) is 53.9 Å². The molecule has 4 heteroatoms. The third-order valence-corrected chi connectivity index (χ3v) is 2.28. The molecule has 2 rings (SSSR count). The van der Waals surface area contributed by atoms with Crippen molar-refractivity contribution in [3.63, 3.8) is 0 Å². The largest absolute Gasteiger partial charge is 0.399 e. The molecule has 17 heavy (non-hydrogen) atoms. The second kappa shape index (κ2) is 5.32. The van der Waals surface area contributed by atoms with E-state index in [1.165, 1.54) is 0 Å². The van der Waals surface area contributed by atoms with Gasteiger partial charge in [0.05, 0.1) is 5.69 Å². The highest BCUT2D eigenvalue weighted by Crippen LogP contribution is 2.20. The van der Waals surface area contributed by atoms with Gasteiger partial charge in [0, 0.05) is 11.9 Å². The lowest BCUT2D eigenvalue weighted by atomic mass is 10.2. The minimum atomic E-state index is 0.310. The molecule has 0 radical (unpaired) electrons. The molecule has 0 aliphatic rings. The molecule has 0 atom stereocenters. The van der Waals surface area contributed by atoms with Crippen LogP contribution in [0.1, 0.15) is 11.3 Å². The fourth-order valence-electron chi connectivity index (χ4n) is 1.40. The summed E-state index contributed by atoms with van der Waals surface area (Å²) < 4.78 is 0. The summed E-state index contributed by atoms with van der Waals surface area (Å²) in [6.45, 7) is 2.22. The number of nitrogens with two attached hydrogens (primary N) is 1. The van der Waals surface area contributed by atoms with Crippen LogP contribution in [0.15, 0.2) is 42.6 Å². The van der Waals surface area contributed by atoms with Crippen molar-refractivity contribution < 1.29 is 9.78 Å². The number of anilines is 1. The first-order valence-corrected chi connectivity index (χ1v) is 5.31. The SMILES string of the molecule is Cc1cc(N)ccc1OOCc1ccccn1. The third-order valence-electron chi connectivity index (χ3n) is 2.28. The molecule has 0 saturated heterocycles. The third kappa shape index (κ3) is 3.19. The van der Waals surface area contributed by atoms with Gasteiger partial charge in [0.1, 0.15) is 6.61 Å². The fraction of sp³-hybridized carbons (Fsp3) is 0.154. The molecule has 1 aromatic carbocycles. The molecular weight excluding hydrogens is 216 g/mol. The van der Waals surface area contributed by atoms with Crippen LogP contribution in [0, 0.1) is 6.92 Å². The topological polar surface area (TPSA) is 57.4 Å². The lowest BCUT2D eigenvalue weighted by Gasteiger charge is -2.07. The zero-order valence-electron chi connectivity index (χ0n) is 9.59. The lowest BCUT2D eigenvalue weighted by molar-refractivity contribution is -0.218. The van der Waals surface area contributed by atoms with Gasteiger partial charge in [0.15, 0.2) is 5.75 Å². The van der Waals surface area contributed by atoms with Crippen molar-refractivity contribution in [2.45, 2.75) is 13.5 Å². The van der Waals surface area contributed by atoms with Crippen LogP contribution in [-0.2, 0) is 11.5 Å². The number of nitrogen functional groups attached to an aromatic ring is 1. The second-order valence-corrected chi connectivity index (χ2v) is 3.69. The molecule has 0 bridgehead atoms. The Labute approximate surface area is 99.9 Å². The molecule has 1 heterocycles. The van der Waals surface area contributed by atoms with Crippen molar-refractivity contribution in [3.8, 4) is 5.75 Å². The number of benzene rings is 1.